The van der Waals surface area contributed by atoms with Gasteiger partial charge in [0.1, 0.15) is 0 Å². The molecule has 0 bridgehead atoms. The van der Waals surface area contributed by atoms with Gasteiger partial charge in [0, 0.05) is 5.92 Å². The van der Waals surface area contributed by atoms with Crippen molar-refractivity contribution in [2.75, 3.05) is 6.61 Å². The third-order valence-electron chi connectivity index (χ3n) is 3.20. The smallest absolute Gasteiger partial charge is 0.0948 e. The molecule has 68 valence electrons. The second-order valence-electron chi connectivity index (χ2n) is 4.21. The Kier molecular flexibility index (Phi) is 1.77. The predicted octanol–water partition coefficient (Wildman–Crippen LogP) is 1.49. The van der Waals surface area contributed by atoms with E-state index in [1.807, 2.05) is 6.92 Å². The predicted molar refractivity (Wildman–Crippen MR) is 46.8 cm³/mol. The molecule has 1 aliphatic carbocycles. The fraction of sp³-hybridized carbons (Fsp3) is 0.800. The van der Waals surface area contributed by atoms with Crippen molar-refractivity contribution in [1.82, 2.24) is 0 Å². The number of fused-ring (bicyclic) bond motifs is 1. The SMILES string of the molecule is CC1=CC2OC(C)(CO)C2CC1. The Hall–Kier alpha value is -0.340. The summed E-state index contributed by atoms with van der Waals surface area (Å²) in [6.45, 7) is 4.30. The first-order chi connectivity index (χ1) is 5.65. The standard InChI is InChI=1S/C10H16O2/c1-7-3-4-8-9(5-7)12-10(8,2)6-11/h5,8-9,11H,3-4,6H2,1-2H3. The van der Waals surface area contributed by atoms with Gasteiger partial charge in [-0.25, -0.2) is 0 Å². The Morgan fingerprint density at radius 3 is 3.08 bits per heavy atom. The van der Waals surface area contributed by atoms with Gasteiger partial charge < -0.3 is 9.84 Å². The molecule has 1 N–H and O–H groups in total. The van der Waals surface area contributed by atoms with Crippen LogP contribution in [0.3, 0.4) is 0 Å². The highest BCUT2D eigenvalue weighted by atomic mass is 16.5. The van der Waals surface area contributed by atoms with E-state index in [0.717, 1.165) is 0 Å². The summed E-state index contributed by atoms with van der Waals surface area (Å²) in [7, 11) is 0. The molecule has 3 atom stereocenters. The summed E-state index contributed by atoms with van der Waals surface area (Å²) in [5.41, 5.74) is 1.18. The van der Waals surface area contributed by atoms with Gasteiger partial charge in [-0.05, 0) is 26.7 Å². The Morgan fingerprint density at radius 2 is 2.50 bits per heavy atom. The Labute approximate surface area is 73.2 Å². The van der Waals surface area contributed by atoms with Crippen LogP contribution >= 0.6 is 0 Å². The van der Waals surface area contributed by atoms with Crippen molar-refractivity contribution in [3.05, 3.63) is 11.6 Å². The van der Waals surface area contributed by atoms with Gasteiger partial charge in [0.15, 0.2) is 0 Å². The van der Waals surface area contributed by atoms with Crippen LogP contribution in [0.4, 0.5) is 0 Å². The lowest BCUT2D eigenvalue weighted by Gasteiger charge is -2.53. The molecule has 1 saturated heterocycles. The molecule has 2 heteroatoms. The first kappa shape index (κ1) is 8.27. The first-order valence-electron chi connectivity index (χ1n) is 4.62. The van der Waals surface area contributed by atoms with Gasteiger partial charge in [-0.1, -0.05) is 11.6 Å². The molecule has 3 unspecified atom stereocenters. The molecular weight excluding hydrogens is 152 g/mol. The molecule has 0 spiro atoms. The maximum Gasteiger partial charge on any atom is 0.0948 e. The van der Waals surface area contributed by atoms with Crippen LogP contribution in [0.15, 0.2) is 11.6 Å². The third kappa shape index (κ3) is 1.02. The average molecular weight is 168 g/mol. The molecule has 0 radical (unpaired) electrons. The average Bonchev–Trinajstić information content (AvgIpc) is 2.02. The van der Waals surface area contributed by atoms with Gasteiger partial charge in [0.2, 0.25) is 0 Å². The van der Waals surface area contributed by atoms with Gasteiger partial charge in [-0.15, -0.1) is 0 Å². The molecule has 1 fully saturated rings. The number of rotatable bonds is 1. The Balaban J connectivity index is 2.10. The van der Waals surface area contributed by atoms with Crippen LogP contribution in [0.1, 0.15) is 26.7 Å². The van der Waals surface area contributed by atoms with Crippen LogP contribution in [0.25, 0.3) is 0 Å². The molecule has 2 rings (SSSR count). The molecule has 1 aliphatic heterocycles. The normalized spacial score (nSPS) is 46.1. The zero-order chi connectivity index (χ0) is 8.77. The molecule has 0 aromatic rings. The van der Waals surface area contributed by atoms with E-state index in [1.165, 1.54) is 18.4 Å². The van der Waals surface area contributed by atoms with Gasteiger partial charge >= 0.3 is 0 Å². The van der Waals surface area contributed by atoms with E-state index >= 15 is 0 Å². The largest absolute Gasteiger partial charge is 0.393 e. The van der Waals surface area contributed by atoms with Crippen molar-refractivity contribution in [3.63, 3.8) is 0 Å². The van der Waals surface area contributed by atoms with Gasteiger partial charge in [-0.3, -0.25) is 0 Å². The summed E-state index contributed by atoms with van der Waals surface area (Å²) in [6, 6.07) is 0. The van der Waals surface area contributed by atoms with Crippen molar-refractivity contribution < 1.29 is 9.84 Å². The summed E-state index contributed by atoms with van der Waals surface area (Å²) >= 11 is 0. The topological polar surface area (TPSA) is 29.5 Å². The summed E-state index contributed by atoms with van der Waals surface area (Å²) in [6.07, 6.45) is 4.83. The van der Waals surface area contributed by atoms with Crippen LogP contribution < -0.4 is 0 Å². The van der Waals surface area contributed by atoms with E-state index in [4.69, 9.17) is 9.84 Å². The Morgan fingerprint density at radius 1 is 1.75 bits per heavy atom. The maximum atomic E-state index is 9.10. The molecule has 0 aromatic carbocycles. The number of hydrogen-bond donors (Lipinski definition) is 1. The highest BCUT2D eigenvalue weighted by Gasteiger charge is 2.51. The third-order valence-corrected chi connectivity index (χ3v) is 3.20. The Bertz CT molecular complexity index is 222. The van der Waals surface area contributed by atoms with Crippen molar-refractivity contribution in [3.8, 4) is 0 Å². The van der Waals surface area contributed by atoms with Crippen LogP contribution in [0, 0.1) is 5.92 Å². The van der Waals surface area contributed by atoms with Gasteiger partial charge in [0.05, 0.1) is 18.3 Å². The maximum absolute atomic E-state index is 9.10. The number of aliphatic hydroxyl groups excluding tert-OH is 1. The van der Waals surface area contributed by atoms with Crippen LogP contribution in [0.5, 0.6) is 0 Å². The van der Waals surface area contributed by atoms with Crippen molar-refractivity contribution >= 4 is 0 Å². The van der Waals surface area contributed by atoms with Crippen molar-refractivity contribution in [1.29, 1.82) is 0 Å². The highest BCUT2D eigenvalue weighted by Crippen LogP contribution is 2.45. The molecule has 2 nitrogen and oxygen atoms in total. The van der Waals surface area contributed by atoms with E-state index in [9.17, 15) is 0 Å². The minimum atomic E-state index is -0.248. The van der Waals surface area contributed by atoms with E-state index in [2.05, 4.69) is 13.0 Å². The highest BCUT2D eigenvalue weighted by molar-refractivity contribution is 5.16. The van der Waals surface area contributed by atoms with E-state index < -0.39 is 0 Å². The fourth-order valence-corrected chi connectivity index (χ4v) is 2.28. The van der Waals surface area contributed by atoms with E-state index in [-0.39, 0.29) is 18.3 Å². The zero-order valence-electron chi connectivity index (χ0n) is 7.71. The fourth-order valence-electron chi connectivity index (χ4n) is 2.28. The van der Waals surface area contributed by atoms with Crippen LogP contribution in [0.2, 0.25) is 0 Å². The van der Waals surface area contributed by atoms with Crippen molar-refractivity contribution in [2.45, 2.75) is 38.4 Å². The minimum Gasteiger partial charge on any atom is -0.393 e. The first-order valence-corrected chi connectivity index (χ1v) is 4.62. The summed E-state index contributed by atoms with van der Waals surface area (Å²) in [4.78, 5) is 0. The molecular formula is C10H16O2. The molecule has 1 heterocycles. The van der Waals surface area contributed by atoms with E-state index in [0.29, 0.717) is 5.92 Å². The van der Waals surface area contributed by atoms with E-state index in [1.54, 1.807) is 0 Å². The quantitative estimate of drug-likeness (QED) is 0.601. The minimum absolute atomic E-state index is 0.154. The van der Waals surface area contributed by atoms with Crippen molar-refractivity contribution in [2.24, 2.45) is 5.92 Å². The number of hydrogen-bond acceptors (Lipinski definition) is 2. The molecule has 2 aliphatic rings. The van der Waals surface area contributed by atoms with Gasteiger partial charge in [0.25, 0.3) is 0 Å². The summed E-state index contributed by atoms with van der Waals surface area (Å²) in [5, 5.41) is 9.10. The number of ether oxygens (including phenoxy) is 1. The lowest BCUT2D eigenvalue weighted by molar-refractivity contribution is -0.251. The molecule has 12 heavy (non-hydrogen) atoms. The second kappa shape index (κ2) is 2.57. The zero-order valence-corrected chi connectivity index (χ0v) is 7.71. The molecule has 0 amide bonds. The van der Waals surface area contributed by atoms with Crippen LogP contribution in [-0.4, -0.2) is 23.4 Å². The number of aliphatic hydroxyl groups is 1. The monoisotopic (exact) mass is 168 g/mol. The molecule has 0 aromatic heterocycles. The van der Waals surface area contributed by atoms with Crippen LogP contribution in [-0.2, 0) is 4.74 Å². The van der Waals surface area contributed by atoms with Gasteiger partial charge in [-0.2, -0.15) is 0 Å². The lowest BCUT2D eigenvalue weighted by atomic mass is 9.72. The number of allylic oxidation sites excluding steroid dienone is 1. The second-order valence-corrected chi connectivity index (χ2v) is 4.21. The molecule has 0 saturated carbocycles. The summed E-state index contributed by atoms with van der Waals surface area (Å²) < 4.78 is 5.62. The lowest BCUT2D eigenvalue weighted by Crippen LogP contribution is -2.60. The summed E-state index contributed by atoms with van der Waals surface area (Å²) in [5.74, 6) is 0.547.